The highest BCUT2D eigenvalue weighted by atomic mass is 35.5. The Morgan fingerprint density at radius 3 is 2.76 bits per heavy atom. The molecule has 0 bridgehead atoms. The van der Waals surface area contributed by atoms with Crippen LogP contribution >= 0.6 is 11.6 Å². The monoisotopic (exact) mass is 263 g/mol. The van der Waals surface area contributed by atoms with Gasteiger partial charge in [0.05, 0.1) is 31.9 Å². The van der Waals surface area contributed by atoms with Crippen LogP contribution in [0.25, 0.3) is 0 Å². The van der Waals surface area contributed by atoms with Gasteiger partial charge in [-0.1, -0.05) is 0 Å². The summed E-state index contributed by atoms with van der Waals surface area (Å²) in [6, 6.07) is 1.31. The largest absolute Gasteiger partial charge is 0.475 e. The first-order chi connectivity index (χ1) is 8.27. The second-order valence-corrected chi connectivity index (χ2v) is 3.47. The molecule has 0 N–H and O–H groups in total. The van der Waals surface area contributed by atoms with Gasteiger partial charge in [0.25, 0.3) is 0 Å². The van der Waals surface area contributed by atoms with Crippen molar-refractivity contribution in [1.29, 1.82) is 0 Å². The molecule has 1 aromatic rings. The van der Waals surface area contributed by atoms with Crippen LogP contribution < -0.4 is 4.74 Å². The number of methoxy groups -OCH3 is 1. The Labute approximate surface area is 105 Å². The molecule has 0 aliphatic rings. The van der Waals surface area contributed by atoms with Crippen LogP contribution in [-0.4, -0.2) is 38.5 Å². The summed E-state index contributed by atoms with van der Waals surface area (Å²) in [7, 11) is 1.61. The third kappa shape index (κ3) is 5.30. The third-order valence-corrected chi connectivity index (χ3v) is 2.22. The summed E-state index contributed by atoms with van der Waals surface area (Å²) >= 11 is 5.65. The van der Waals surface area contributed by atoms with Gasteiger partial charge < -0.3 is 14.2 Å². The molecule has 0 spiro atoms. The number of rotatable bonds is 8. The first-order valence-corrected chi connectivity index (χ1v) is 5.71. The summed E-state index contributed by atoms with van der Waals surface area (Å²) in [5.41, 5.74) is 0.531. The van der Waals surface area contributed by atoms with Crippen molar-refractivity contribution in [1.82, 2.24) is 4.98 Å². The van der Waals surface area contributed by atoms with Gasteiger partial charge in [-0.3, -0.25) is 0 Å². The van der Waals surface area contributed by atoms with Gasteiger partial charge >= 0.3 is 0 Å². The predicted octanol–water partition coefficient (Wildman–Crippen LogP) is 2.00. The number of aromatic nitrogens is 1. The van der Waals surface area contributed by atoms with E-state index in [-0.39, 0.29) is 5.88 Å². The minimum atomic E-state index is -0.427. The maximum absolute atomic E-state index is 12.8. The van der Waals surface area contributed by atoms with Crippen molar-refractivity contribution < 1.29 is 18.6 Å². The molecule has 0 saturated heterocycles. The highest BCUT2D eigenvalue weighted by molar-refractivity contribution is 6.17. The lowest BCUT2D eigenvalue weighted by molar-refractivity contribution is 0.0535. The normalized spacial score (nSPS) is 10.5. The molecule has 0 aliphatic carbocycles. The summed E-state index contributed by atoms with van der Waals surface area (Å²) in [6.07, 6.45) is 1.09. The number of alkyl halides is 1. The zero-order valence-corrected chi connectivity index (χ0v) is 10.4. The molecule has 6 heteroatoms. The Bertz CT molecular complexity index is 338. The summed E-state index contributed by atoms with van der Waals surface area (Å²) < 4.78 is 28.2. The Morgan fingerprint density at radius 2 is 2.06 bits per heavy atom. The average Bonchev–Trinajstić information content (AvgIpc) is 2.35. The van der Waals surface area contributed by atoms with E-state index in [2.05, 4.69) is 4.98 Å². The van der Waals surface area contributed by atoms with Gasteiger partial charge in [0, 0.05) is 12.7 Å². The van der Waals surface area contributed by atoms with Gasteiger partial charge in [-0.05, 0) is 6.07 Å². The van der Waals surface area contributed by atoms with Crippen LogP contribution in [0, 0.1) is 5.82 Å². The SMILES string of the molecule is COCCOCCOc1ncc(F)cc1CCl. The molecule has 0 fully saturated rings. The Hall–Kier alpha value is -0.910. The summed E-state index contributed by atoms with van der Waals surface area (Å²) in [6.45, 7) is 1.82. The van der Waals surface area contributed by atoms with Crippen molar-refractivity contribution in [3.63, 3.8) is 0 Å². The Morgan fingerprint density at radius 1 is 1.29 bits per heavy atom. The van der Waals surface area contributed by atoms with Crippen molar-refractivity contribution in [3.05, 3.63) is 23.6 Å². The molecular formula is C11H15ClFNO3. The van der Waals surface area contributed by atoms with Crippen molar-refractivity contribution >= 4 is 11.6 Å². The molecule has 0 saturated carbocycles. The van der Waals surface area contributed by atoms with E-state index in [9.17, 15) is 4.39 Å². The summed E-state index contributed by atoms with van der Waals surface area (Å²) in [5, 5.41) is 0. The van der Waals surface area contributed by atoms with E-state index < -0.39 is 5.82 Å². The molecule has 0 radical (unpaired) electrons. The molecule has 0 atom stereocenters. The number of pyridine rings is 1. The lowest BCUT2D eigenvalue weighted by atomic mass is 10.3. The zero-order chi connectivity index (χ0) is 12.5. The van der Waals surface area contributed by atoms with Crippen LogP contribution in [-0.2, 0) is 15.4 Å². The van der Waals surface area contributed by atoms with E-state index in [4.69, 9.17) is 25.8 Å². The van der Waals surface area contributed by atoms with Crippen molar-refractivity contribution in [2.75, 3.05) is 33.5 Å². The average molecular weight is 264 g/mol. The van der Waals surface area contributed by atoms with Gasteiger partial charge in [0.15, 0.2) is 0 Å². The van der Waals surface area contributed by atoms with E-state index in [0.29, 0.717) is 37.9 Å². The van der Waals surface area contributed by atoms with Crippen LogP contribution in [0.3, 0.4) is 0 Å². The van der Waals surface area contributed by atoms with Gasteiger partial charge in [0.2, 0.25) is 5.88 Å². The zero-order valence-electron chi connectivity index (χ0n) is 9.62. The van der Waals surface area contributed by atoms with Crippen LogP contribution in [0.15, 0.2) is 12.3 Å². The quantitative estimate of drug-likeness (QED) is 0.531. The maximum Gasteiger partial charge on any atom is 0.218 e. The Kier molecular flexibility index (Phi) is 6.84. The van der Waals surface area contributed by atoms with Gasteiger partial charge in [-0.15, -0.1) is 11.6 Å². The maximum atomic E-state index is 12.8. The standard InChI is InChI=1S/C11H15ClFNO3/c1-15-2-3-16-4-5-17-11-9(7-12)6-10(13)8-14-11/h6,8H,2-5,7H2,1H3. The highest BCUT2D eigenvalue weighted by Crippen LogP contribution is 2.17. The first-order valence-electron chi connectivity index (χ1n) is 5.17. The van der Waals surface area contributed by atoms with Crippen LogP contribution in [0.2, 0.25) is 0 Å². The number of halogens is 2. The smallest absolute Gasteiger partial charge is 0.218 e. The molecule has 96 valence electrons. The second kappa shape index (κ2) is 8.22. The van der Waals surface area contributed by atoms with Gasteiger partial charge in [-0.25, -0.2) is 9.37 Å². The molecule has 0 amide bonds. The Balaban J connectivity index is 2.31. The minimum absolute atomic E-state index is 0.157. The van der Waals surface area contributed by atoms with E-state index in [1.165, 1.54) is 6.07 Å². The second-order valence-electron chi connectivity index (χ2n) is 3.21. The number of hydrogen-bond donors (Lipinski definition) is 0. The fourth-order valence-corrected chi connectivity index (χ4v) is 1.33. The fraction of sp³-hybridized carbons (Fsp3) is 0.545. The van der Waals surface area contributed by atoms with Gasteiger partial charge in [-0.2, -0.15) is 0 Å². The third-order valence-electron chi connectivity index (χ3n) is 1.93. The molecule has 0 aromatic carbocycles. The lowest BCUT2D eigenvalue weighted by Crippen LogP contribution is -2.11. The van der Waals surface area contributed by atoms with E-state index in [1.807, 2.05) is 0 Å². The predicted molar refractivity (Wildman–Crippen MR) is 61.9 cm³/mol. The molecule has 1 aromatic heterocycles. The molecule has 1 heterocycles. The topological polar surface area (TPSA) is 40.6 Å². The number of nitrogens with zero attached hydrogens (tertiary/aromatic N) is 1. The van der Waals surface area contributed by atoms with E-state index in [1.54, 1.807) is 7.11 Å². The van der Waals surface area contributed by atoms with Crippen LogP contribution in [0.1, 0.15) is 5.56 Å². The molecule has 4 nitrogen and oxygen atoms in total. The fourth-order valence-electron chi connectivity index (χ4n) is 1.14. The van der Waals surface area contributed by atoms with Crippen LogP contribution in [0.5, 0.6) is 5.88 Å². The number of ether oxygens (including phenoxy) is 3. The minimum Gasteiger partial charge on any atom is -0.475 e. The first kappa shape index (κ1) is 14.2. The van der Waals surface area contributed by atoms with Crippen molar-refractivity contribution in [2.24, 2.45) is 0 Å². The van der Waals surface area contributed by atoms with Crippen LogP contribution in [0.4, 0.5) is 4.39 Å². The molecule has 1 rings (SSSR count). The molecule has 0 unspecified atom stereocenters. The summed E-state index contributed by atoms with van der Waals surface area (Å²) in [4.78, 5) is 3.82. The molecule has 0 aliphatic heterocycles. The molecule has 17 heavy (non-hydrogen) atoms. The van der Waals surface area contributed by atoms with E-state index in [0.717, 1.165) is 6.20 Å². The van der Waals surface area contributed by atoms with Gasteiger partial charge in [0.1, 0.15) is 12.4 Å². The highest BCUT2D eigenvalue weighted by Gasteiger charge is 2.05. The molecular weight excluding hydrogens is 249 g/mol. The van der Waals surface area contributed by atoms with Crippen molar-refractivity contribution in [2.45, 2.75) is 5.88 Å². The number of hydrogen-bond acceptors (Lipinski definition) is 4. The summed E-state index contributed by atoms with van der Waals surface area (Å²) in [5.74, 6) is 0.0750. The van der Waals surface area contributed by atoms with E-state index >= 15 is 0 Å². The lowest BCUT2D eigenvalue weighted by Gasteiger charge is -2.09. The van der Waals surface area contributed by atoms with Crippen molar-refractivity contribution in [3.8, 4) is 5.88 Å².